The van der Waals surface area contributed by atoms with Crippen LogP contribution in [0.15, 0.2) is 23.6 Å². The third-order valence-corrected chi connectivity index (χ3v) is 4.23. The maximum atomic E-state index is 11.2. The highest BCUT2D eigenvalue weighted by Crippen LogP contribution is 2.25. The summed E-state index contributed by atoms with van der Waals surface area (Å²) in [7, 11) is 0. The first kappa shape index (κ1) is 12.7. The van der Waals surface area contributed by atoms with Crippen LogP contribution in [-0.4, -0.2) is 31.1 Å². The molecule has 0 aliphatic rings. The topological polar surface area (TPSA) is 80.9 Å². The first-order valence-electron chi connectivity index (χ1n) is 6.07. The number of benzene rings is 1. The average Bonchev–Trinajstić information content (AvgIpc) is 3.03. The molecule has 7 heteroatoms. The first-order chi connectivity index (χ1) is 9.58. The van der Waals surface area contributed by atoms with Crippen LogP contribution in [0, 0.1) is 6.92 Å². The van der Waals surface area contributed by atoms with E-state index in [1.165, 1.54) is 6.07 Å². The van der Waals surface area contributed by atoms with Crippen molar-refractivity contribution in [2.75, 3.05) is 0 Å². The van der Waals surface area contributed by atoms with Crippen molar-refractivity contribution < 1.29 is 9.90 Å². The Balaban J connectivity index is 2.13. The lowest BCUT2D eigenvalue weighted by atomic mass is 10.2. The Kier molecular flexibility index (Phi) is 2.98. The van der Waals surface area contributed by atoms with Gasteiger partial charge in [0, 0.05) is 11.1 Å². The van der Waals surface area contributed by atoms with Crippen molar-refractivity contribution in [2.24, 2.45) is 0 Å². The van der Waals surface area contributed by atoms with E-state index in [1.807, 2.05) is 25.3 Å². The lowest BCUT2D eigenvalue weighted by molar-refractivity contribution is 0.0699. The van der Waals surface area contributed by atoms with Crippen molar-refractivity contribution in [3.8, 4) is 0 Å². The molecule has 0 radical (unpaired) electrons. The number of thiazole rings is 1. The van der Waals surface area contributed by atoms with Gasteiger partial charge >= 0.3 is 5.97 Å². The summed E-state index contributed by atoms with van der Waals surface area (Å²) in [6, 6.07) is 4.97. The van der Waals surface area contributed by atoms with E-state index < -0.39 is 5.97 Å². The number of aromatic carboxylic acids is 1. The summed E-state index contributed by atoms with van der Waals surface area (Å²) in [6.45, 7) is 3.91. The van der Waals surface area contributed by atoms with Crippen molar-refractivity contribution in [1.82, 2.24) is 20.0 Å². The van der Waals surface area contributed by atoms with Gasteiger partial charge in [-0.3, -0.25) is 0 Å². The Hall–Kier alpha value is -2.28. The Morgan fingerprint density at radius 1 is 1.45 bits per heavy atom. The minimum atomic E-state index is -1.000. The van der Waals surface area contributed by atoms with Gasteiger partial charge in [-0.1, -0.05) is 11.3 Å². The number of aromatic nitrogens is 4. The van der Waals surface area contributed by atoms with Gasteiger partial charge in [-0.15, -0.1) is 16.4 Å². The maximum Gasteiger partial charge on any atom is 0.338 e. The van der Waals surface area contributed by atoms with E-state index in [2.05, 4.69) is 15.3 Å². The number of nitrogens with zero attached hydrogens (tertiary/aromatic N) is 4. The molecule has 102 valence electrons. The zero-order valence-corrected chi connectivity index (χ0v) is 11.8. The molecule has 1 aromatic carbocycles. The molecule has 3 rings (SSSR count). The van der Waals surface area contributed by atoms with E-state index in [0.29, 0.717) is 11.0 Å². The van der Waals surface area contributed by atoms with Gasteiger partial charge in [0.1, 0.15) is 16.6 Å². The summed E-state index contributed by atoms with van der Waals surface area (Å²) < 4.78 is 1.71. The summed E-state index contributed by atoms with van der Waals surface area (Å²) in [6.07, 6.45) is 0. The monoisotopic (exact) mass is 288 g/mol. The number of hydrogen-bond donors (Lipinski definition) is 1. The predicted octanol–water partition coefficient (Wildman–Crippen LogP) is 2.50. The summed E-state index contributed by atoms with van der Waals surface area (Å²) in [5, 5.41) is 20.2. The van der Waals surface area contributed by atoms with Crippen LogP contribution in [0.4, 0.5) is 0 Å². The van der Waals surface area contributed by atoms with E-state index in [1.54, 1.807) is 22.1 Å². The van der Waals surface area contributed by atoms with Gasteiger partial charge in [-0.2, -0.15) is 0 Å². The van der Waals surface area contributed by atoms with Crippen LogP contribution in [0.3, 0.4) is 0 Å². The number of carbonyl (C=O) groups is 1. The van der Waals surface area contributed by atoms with E-state index in [9.17, 15) is 4.79 Å². The zero-order chi connectivity index (χ0) is 14.3. The van der Waals surface area contributed by atoms with Crippen LogP contribution < -0.4 is 0 Å². The molecule has 20 heavy (non-hydrogen) atoms. The van der Waals surface area contributed by atoms with Crippen LogP contribution >= 0.6 is 11.3 Å². The van der Waals surface area contributed by atoms with Crippen molar-refractivity contribution in [3.05, 3.63) is 39.8 Å². The smallest absolute Gasteiger partial charge is 0.338 e. The van der Waals surface area contributed by atoms with Crippen LogP contribution in [0.25, 0.3) is 11.0 Å². The molecule has 2 aromatic heterocycles. The van der Waals surface area contributed by atoms with E-state index in [4.69, 9.17) is 5.11 Å². The number of carboxylic acids is 1. The molecule has 0 aliphatic heterocycles. The molecule has 0 fully saturated rings. The van der Waals surface area contributed by atoms with Gasteiger partial charge < -0.3 is 5.11 Å². The number of aryl methyl sites for hydroxylation is 1. The van der Waals surface area contributed by atoms with Crippen LogP contribution in [0.5, 0.6) is 0 Å². The van der Waals surface area contributed by atoms with Crippen molar-refractivity contribution >= 4 is 28.3 Å². The summed E-state index contributed by atoms with van der Waals surface area (Å²) in [4.78, 5) is 15.6. The van der Waals surface area contributed by atoms with Gasteiger partial charge in [0.05, 0.1) is 11.1 Å². The second-order valence-electron chi connectivity index (χ2n) is 4.52. The molecule has 1 N–H and O–H groups in total. The SMILES string of the molecule is Cc1csc(C(C)n2nnc3c(C(=O)O)cccc32)n1. The second-order valence-corrected chi connectivity index (χ2v) is 5.41. The lowest BCUT2D eigenvalue weighted by Gasteiger charge is -2.09. The molecular formula is C13H12N4O2S. The highest BCUT2D eigenvalue weighted by molar-refractivity contribution is 7.09. The van der Waals surface area contributed by atoms with Gasteiger partial charge in [0.2, 0.25) is 0 Å². The minimum Gasteiger partial charge on any atom is -0.478 e. The summed E-state index contributed by atoms with van der Waals surface area (Å²) in [5.41, 5.74) is 2.23. The van der Waals surface area contributed by atoms with E-state index in [-0.39, 0.29) is 11.6 Å². The largest absolute Gasteiger partial charge is 0.478 e. The quantitative estimate of drug-likeness (QED) is 0.801. The van der Waals surface area contributed by atoms with Crippen molar-refractivity contribution in [1.29, 1.82) is 0 Å². The standard InChI is InChI=1S/C13H12N4O2S/c1-7-6-20-12(14-7)8(2)17-10-5-3-4-9(13(18)19)11(10)15-16-17/h3-6,8H,1-2H3,(H,18,19). The Bertz CT molecular complexity index is 793. The molecule has 3 aromatic rings. The molecule has 0 spiro atoms. The fourth-order valence-electron chi connectivity index (χ4n) is 2.09. The fraction of sp³-hybridized carbons (Fsp3) is 0.231. The van der Waals surface area contributed by atoms with Gasteiger partial charge in [0.15, 0.2) is 0 Å². The maximum absolute atomic E-state index is 11.2. The molecule has 0 amide bonds. The molecule has 1 unspecified atom stereocenters. The molecule has 0 saturated carbocycles. The molecule has 6 nitrogen and oxygen atoms in total. The Morgan fingerprint density at radius 2 is 2.25 bits per heavy atom. The predicted molar refractivity (Wildman–Crippen MR) is 75.2 cm³/mol. The molecule has 0 saturated heterocycles. The molecule has 1 atom stereocenters. The third kappa shape index (κ3) is 1.96. The second kappa shape index (κ2) is 4.68. The lowest BCUT2D eigenvalue weighted by Crippen LogP contribution is -2.08. The van der Waals surface area contributed by atoms with Crippen molar-refractivity contribution in [2.45, 2.75) is 19.9 Å². The molecular weight excluding hydrogens is 276 g/mol. The van der Waals surface area contributed by atoms with Crippen LogP contribution in [0.1, 0.15) is 34.0 Å². The zero-order valence-electron chi connectivity index (χ0n) is 10.9. The van der Waals surface area contributed by atoms with Crippen LogP contribution in [0.2, 0.25) is 0 Å². The molecule has 0 aliphatic carbocycles. The van der Waals surface area contributed by atoms with Gasteiger partial charge in [-0.25, -0.2) is 14.5 Å². The van der Waals surface area contributed by atoms with E-state index in [0.717, 1.165) is 10.7 Å². The summed E-state index contributed by atoms with van der Waals surface area (Å²) >= 11 is 1.56. The minimum absolute atomic E-state index is 0.0808. The normalized spacial score (nSPS) is 12.7. The number of rotatable bonds is 3. The van der Waals surface area contributed by atoms with Crippen LogP contribution in [-0.2, 0) is 0 Å². The molecule has 0 bridgehead atoms. The first-order valence-corrected chi connectivity index (χ1v) is 6.95. The van der Waals surface area contributed by atoms with E-state index >= 15 is 0 Å². The van der Waals surface area contributed by atoms with Crippen molar-refractivity contribution in [3.63, 3.8) is 0 Å². The Morgan fingerprint density at radius 3 is 2.90 bits per heavy atom. The number of hydrogen-bond acceptors (Lipinski definition) is 5. The Labute approximate surface area is 118 Å². The average molecular weight is 288 g/mol. The van der Waals surface area contributed by atoms with Gasteiger partial charge in [-0.05, 0) is 26.0 Å². The highest BCUT2D eigenvalue weighted by Gasteiger charge is 2.19. The van der Waals surface area contributed by atoms with Gasteiger partial charge in [0.25, 0.3) is 0 Å². The summed E-state index contributed by atoms with van der Waals surface area (Å²) in [5.74, 6) is -1.000. The third-order valence-electron chi connectivity index (χ3n) is 3.09. The fourth-order valence-corrected chi connectivity index (χ4v) is 2.93. The molecule has 2 heterocycles. The number of fused-ring (bicyclic) bond motifs is 1. The number of carboxylic acid groups (broad SMARTS) is 1. The highest BCUT2D eigenvalue weighted by atomic mass is 32.1.